The molecule has 1 aliphatic heterocycles. The molecule has 2 atom stereocenters. The summed E-state index contributed by atoms with van der Waals surface area (Å²) >= 11 is 0. The molecule has 1 saturated heterocycles. The Hall–Kier alpha value is -0.520. The van der Waals surface area contributed by atoms with Crippen LogP contribution in [0.3, 0.4) is 0 Å². The van der Waals surface area contributed by atoms with E-state index in [1.54, 1.807) is 0 Å². The monoisotopic (exact) mass is 182 g/mol. The molecule has 0 bridgehead atoms. The molecule has 1 fully saturated rings. The molecule has 1 heterocycles. The minimum Gasteiger partial charge on any atom is -0.396 e. The van der Waals surface area contributed by atoms with Crippen molar-refractivity contribution in [2.24, 2.45) is 0 Å². The van der Waals surface area contributed by atoms with Gasteiger partial charge >= 0.3 is 0 Å². The predicted molar refractivity (Wildman–Crippen MR) is 52.3 cm³/mol. The van der Waals surface area contributed by atoms with Crippen LogP contribution in [0.25, 0.3) is 0 Å². The Morgan fingerprint density at radius 1 is 1.38 bits per heavy atom. The number of ether oxygens (including phenoxy) is 1. The molecule has 0 saturated carbocycles. The largest absolute Gasteiger partial charge is 0.396 e. The van der Waals surface area contributed by atoms with E-state index in [1.165, 1.54) is 12.8 Å². The quantitative estimate of drug-likeness (QED) is 0.399. The molecule has 1 N–H and O–H groups in total. The van der Waals surface area contributed by atoms with E-state index >= 15 is 0 Å². The molecule has 0 aromatic carbocycles. The van der Waals surface area contributed by atoms with Crippen molar-refractivity contribution in [2.45, 2.75) is 51.2 Å². The van der Waals surface area contributed by atoms with Crippen LogP contribution in [-0.2, 0) is 4.74 Å². The van der Waals surface area contributed by atoms with Gasteiger partial charge in [-0.25, -0.2) is 0 Å². The fourth-order valence-corrected chi connectivity index (χ4v) is 1.22. The third-order valence-electron chi connectivity index (χ3n) is 2.13. The molecule has 0 aromatic rings. The summed E-state index contributed by atoms with van der Waals surface area (Å²) in [7, 11) is 0. The molecule has 2 heteroatoms. The van der Waals surface area contributed by atoms with Gasteiger partial charge in [-0.15, -0.1) is 5.92 Å². The minimum absolute atomic E-state index is 0.170. The lowest BCUT2D eigenvalue weighted by atomic mass is 10.2. The molecule has 0 spiro atoms. The van der Waals surface area contributed by atoms with Crippen LogP contribution in [0.15, 0.2) is 0 Å². The summed E-state index contributed by atoms with van der Waals surface area (Å²) in [6, 6.07) is 0. The van der Waals surface area contributed by atoms with Crippen molar-refractivity contribution in [1.29, 1.82) is 0 Å². The number of unbranched alkanes of at least 4 members (excludes halogenated alkanes) is 2. The fraction of sp³-hybridized carbons (Fsp3) is 0.818. The molecule has 0 aliphatic carbocycles. The predicted octanol–water partition coefficient (Wildman–Crippen LogP) is 1.72. The maximum absolute atomic E-state index is 8.58. The van der Waals surface area contributed by atoms with Crippen molar-refractivity contribution in [3.63, 3.8) is 0 Å². The van der Waals surface area contributed by atoms with Gasteiger partial charge in [0.2, 0.25) is 0 Å². The Morgan fingerprint density at radius 3 is 2.92 bits per heavy atom. The van der Waals surface area contributed by atoms with Gasteiger partial charge in [0.15, 0.2) is 0 Å². The number of hydrogen-bond acceptors (Lipinski definition) is 2. The second kappa shape index (κ2) is 6.01. The van der Waals surface area contributed by atoms with E-state index in [4.69, 9.17) is 9.84 Å². The van der Waals surface area contributed by atoms with Gasteiger partial charge in [-0.2, -0.15) is 0 Å². The number of rotatable bonds is 5. The van der Waals surface area contributed by atoms with Crippen LogP contribution >= 0.6 is 0 Å². The molecular formula is C11H18O2. The zero-order valence-corrected chi connectivity index (χ0v) is 8.25. The van der Waals surface area contributed by atoms with E-state index in [-0.39, 0.29) is 12.7 Å². The van der Waals surface area contributed by atoms with Crippen LogP contribution in [0.2, 0.25) is 0 Å². The van der Waals surface area contributed by atoms with Crippen molar-refractivity contribution in [1.82, 2.24) is 0 Å². The van der Waals surface area contributed by atoms with Crippen molar-refractivity contribution >= 4 is 0 Å². The molecule has 1 aliphatic rings. The van der Waals surface area contributed by atoms with E-state index in [2.05, 4.69) is 18.8 Å². The van der Waals surface area contributed by atoms with E-state index in [0.717, 1.165) is 19.3 Å². The second-order valence-corrected chi connectivity index (χ2v) is 3.39. The maximum atomic E-state index is 8.58. The summed E-state index contributed by atoms with van der Waals surface area (Å²) in [5.74, 6) is 6.21. The van der Waals surface area contributed by atoms with Gasteiger partial charge in [0.05, 0.1) is 6.10 Å². The van der Waals surface area contributed by atoms with E-state index in [1.807, 2.05) is 0 Å². The summed E-state index contributed by atoms with van der Waals surface area (Å²) < 4.78 is 5.31. The molecule has 74 valence electrons. The third kappa shape index (κ3) is 4.31. The number of epoxide rings is 1. The van der Waals surface area contributed by atoms with Crippen LogP contribution in [-0.4, -0.2) is 23.9 Å². The topological polar surface area (TPSA) is 32.8 Å². The average Bonchev–Trinajstić information content (AvgIpc) is 2.88. The number of aliphatic hydroxyl groups is 1. The van der Waals surface area contributed by atoms with Gasteiger partial charge in [0.25, 0.3) is 0 Å². The van der Waals surface area contributed by atoms with Gasteiger partial charge in [-0.05, 0) is 19.3 Å². The molecule has 0 aromatic heterocycles. The van der Waals surface area contributed by atoms with Crippen molar-refractivity contribution in [3.8, 4) is 11.8 Å². The standard InChI is InChI=1S/C11H18O2/c1-2-3-4-5-7-10-11(13-10)8-6-9-12/h10-12H,2-4,6,8-9H2,1H3/t10-,11+/m0/s1. The lowest BCUT2D eigenvalue weighted by Gasteiger charge is -1.87. The highest BCUT2D eigenvalue weighted by Gasteiger charge is 2.36. The van der Waals surface area contributed by atoms with Gasteiger partial charge in [0, 0.05) is 13.0 Å². The number of aliphatic hydroxyl groups excluding tert-OH is 1. The van der Waals surface area contributed by atoms with Crippen LogP contribution in [0, 0.1) is 11.8 Å². The molecule has 13 heavy (non-hydrogen) atoms. The van der Waals surface area contributed by atoms with E-state index in [9.17, 15) is 0 Å². The molecule has 2 nitrogen and oxygen atoms in total. The Balaban J connectivity index is 2.01. The Morgan fingerprint density at radius 2 is 2.23 bits per heavy atom. The van der Waals surface area contributed by atoms with Crippen molar-refractivity contribution in [2.75, 3.05) is 6.61 Å². The van der Waals surface area contributed by atoms with Gasteiger partial charge in [-0.1, -0.05) is 19.3 Å². The smallest absolute Gasteiger partial charge is 0.144 e. The highest BCUT2D eigenvalue weighted by atomic mass is 16.6. The molecular weight excluding hydrogens is 164 g/mol. The first-order valence-electron chi connectivity index (χ1n) is 5.13. The number of hydrogen-bond donors (Lipinski definition) is 1. The molecule has 0 amide bonds. The Labute approximate surface area is 80.3 Å². The third-order valence-corrected chi connectivity index (χ3v) is 2.13. The summed E-state index contributed by atoms with van der Waals surface area (Å²) in [5.41, 5.74) is 0. The fourth-order valence-electron chi connectivity index (χ4n) is 1.22. The first kappa shape index (κ1) is 10.6. The summed E-state index contributed by atoms with van der Waals surface area (Å²) in [6.45, 7) is 2.43. The van der Waals surface area contributed by atoms with Crippen molar-refractivity contribution in [3.05, 3.63) is 0 Å². The lowest BCUT2D eigenvalue weighted by molar-refractivity contribution is 0.273. The van der Waals surface area contributed by atoms with Crippen LogP contribution < -0.4 is 0 Å². The average molecular weight is 182 g/mol. The van der Waals surface area contributed by atoms with Crippen LogP contribution in [0.5, 0.6) is 0 Å². The lowest BCUT2D eigenvalue weighted by Crippen LogP contribution is -1.93. The van der Waals surface area contributed by atoms with Crippen LogP contribution in [0.1, 0.15) is 39.0 Å². The molecule has 0 radical (unpaired) electrons. The second-order valence-electron chi connectivity index (χ2n) is 3.39. The first-order chi connectivity index (χ1) is 6.38. The van der Waals surface area contributed by atoms with E-state index in [0.29, 0.717) is 6.10 Å². The molecule has 0 unspecified atom stereocenters. The maximum Gasteiger partial charge on any atom is 0.144 e. The SMILES string of the molecule is CCCCC#C[C@@H]1O[C@@H]1CCCO. The Bertz CT molecular complexity index is 190. The van der Waals surface area contributed by atoms with Gasteiger partial charge < -0.3 is 9.84 Å². The van der Waals surface area contributed by atoms with Crippen molar-refractivity contribution < 1.29 is 9.84 Å². The van der Waals surface area contributed by atoms with Gasteiger partial charge in [-0.3, -0.25) is 0 Å². The zero-order valence-electron chi connectivity index (χ0n) is 8.25. The minimum atomic E-state index is 0.170. The van der Waals surface area contributed by atoms with Gasteiger partial charge in [0.1, 0.15) is 6.10 Å². The summed E-state index contributed by atoms with van der Waals surface area (Å²) in [6.07, 6.45) is 5.63. The normalized spacial score (nSPS) is 25.1. The van der Waals surface area contributed by atoms with Crippen LogP contribution in [0.4, 0.5) is 0 Å². The first-order valence-corrected chi connectivity index (χ1v) is 5.13. The highest BCUT2D eigenvalue weighted by molar-refractivity contribution is 5.13. The molecule has 1 rings (SSSR count). The summed E-state index contributed by atoms with van der Waals surface area (Å²) in [4.78, 5) is 0. The Kier molecular flexibility index (Phi) is 4.88. The summed E-state index contributed by atoms with van der Waals surface area (Å²) in [5, 5.41) is 8.58. The zero-order chi connectivity index (χ0) is 9.52. The highest BCUT2D eigenvalue weighted by Crippen LogP contribution is 2.25. The van der Waals surface area contributed by atoms with E-state index < -0.39 is 0 Å².